The van der Waals surface area contributed by atoms with Gasteiger partial charge in [-0.05, 0) is 43.9 Å². The van der Waals surface area contributed by atoms with Gasteiger partial charge in [-0.15, -0.1) is 0 Å². The van der Waals surface area contributed by atoms with Crippen LogP contribution in [0.3, 0.4) is 0 Å². The first-order chi connectivity index (χ1) is 10.2. The van der Waals surface area contributed by atoms with Crippen molar-refractivity contribution in [2.45, 2.75) is 58.3 Å². The summed E-state index contributed by atoms with van der Waals surface area (Å²) in [6, 6.07) is 7.67. The minimum Gasteiger partial charge on any atom is -0.465 e. The van der Waals surface area contributed by atoms with E-state index in [4.69, 9.17) is 14.2 Å². The molecule has 0 amide bonds. The highest BCUT2D eigenvalue weighted by Gasteiger charge is 2.16. The molecular weight excluding hydrogens is 268 g/mol. The topological polar surface area (TPSA) is 44.8 Å². The van der Waals surface area contributed by atoms with Crippen molar-refractivity contribution >= 4 is 5.97 Å². The van der Waals surface area contributed by atoms with Crippen LogP contribution in [0, 0.1) is 0 Å². The fraction of sp³-hybridized carbons (Fsp3) is 0.588. The Balaban J connectivity index is 1.87. The van der Waals surface area contributed by atoms with E-state index in [0.717, 1.165) is 43.6 Å². The third-order valence-corrected chi connectivity index (χ3v) is 3.52. The van der Waals surface area contributed by atoms with Crippen LogP contribution in [0.15, 0.2) is 24.3 Å². The summed E-state index contributed by atoms with van der Waals surface area (Å²) < 4.78 is 16.7. The summed E-state index contributed by atoms with van der Waals surface area (Å²) in [5, 5.41) is 0. The minimum atomic E-state index is -0.232. The minimum absolute atomic E-state index is 0.135. The molecule has 0 aliphatic carbocycles. The highest BCUT2D eigenvalue weighted by atomic mass is 16.7. The fourth-order valence-electron chi connectivity index (χ4n) is 2.30. The summed E-state index contributed by atoms with van der Waals surface area (Å²) in [7, 11) is 0. The maximum Gasteiger partial charge on any atom is 0.306 e. The molecule has 4 nitrogen and oxygen atoms in total. The van der Waals surface area contributed by atoms with Crippen molar-refractivity contribution in [3.8, 4) is 5.75 Å². The Morgan fingerprint density at radius 3 is 2.71 bits per heavy atom. The molecule has 1 heterocycles. The van der Waals surface area contributed by atoms with Crippen molar-refractivity contribution in [2.75, 3.05) is 6.61 Å². The van der Waals surface area contributed by atoms with E-state index in [1.807, 2.05) is 38.1 Å². The number of esters is 1. The SMILES string of the molecule is CCCC(=O)OC(C)c1ccc(OC2CCCCO2)cc1. The Morgan fingerprint density at radius 2 is 2.10 bits per heavy atom. The summed E-state index contributed by atoms with van der Waals surface area (Å²) in [4.78, 5) is 11.5. The highest BCUT2D eigenvalue weighted by molar-refractivity contribution is 5.69. The van der Waals surface area contributed by atoms with Gasteiger partial charge in [0.05, 0.1) is 6.61 Å². The van der Waals surface area contributed by atoms with Crippen molar-refractivity contribution in [2.24, 2.45) is 0 Å². The first kappa shape index (κ1) is 15.8. The Morgan fingerprint density at radius 1 is 1.33 bits per heavy atom. The first-order valence-corrected chi connectivity index (χ1v) is 7.76. The number of hydrogen-bond donors (Lipinski definition) is 0. The molecule has 2 atom stereocenters. The van der Waals surface area contributed by atoms with Crippen LogP contribution in [0.2, 0.25) is 0 Å². The fourth-order valence-corrected chi connectivity index (χ4v) is 2.30. The number of carbonyl (C=O) groups excluding carboxylic acids is 1. The molecule has 0 aromatic heterocycles. The maximum atomic E-state index is 11.5. The zero-order valence-corrected chi connectivity index (χ0v) is 12.8. The molecule has 0 spiro atoms. The number of benzene rings is 1. The van der Waals surface area contributed by atoms with Crippen molar-refractivity contribution in [3.05, 3.63) is 29.8 Å². The van der Waals surface area contributed by atoms with Crippen LogP contribution in [-0.4, -0.2) is 18.9 Å². The molecule has 116 valence electrons. The van der Waals surface area contributed by atoms with Crippen LogP contribution in [0.1, 0.15) is 57.6 Å². The van der Waals surface area contributed by atoms with Gasteiger partial charge in [0.2, 0.25) is 0 Å². The molecule has 2 rings (SSSR count). The summed E-state index contributed by atoms with van der Waals surface area (Å²) in [5.74, 6) is 0.638. The van der Waals surface area contributed by atoms with E-state index in [0.29, 0.717) is 6.42 Å². The lowest BCUT2D eigenvalue weighted by Crippen LogP contribution is -2.24. The number of carbonyl (C=O) groups is 1. The summed E-state index contributed by atoms with van der Waals surface area (Å²) in [5.41, 5.74) is 0.969. The molecule has 1 fully saturated rings. The second kappa shape index (κ2) is 8.03. The lowest BCUT2D eigenvalue weighted by molar-refractivity contribution is -0.148. The van der Waals surface area contributed by atoms with Crippen LogP contribution in [0.4, 0.5) is 0 Å². The molecule has 0 radical (unpaired) electrons. The van der Waals surface area contributed by atoms with Gasteiger partial charge in [-0.1, -0.05) is 19.1 Å². The van der Waals surface area contributed by atoms with Gasteiger partial charge < -0.3 is 14.2 Å². The van der Waals surface area contributed by atoms with Gasteiger partial charge in [0.25, 0.3) is 0 Å². The Bertz CT molecular complexity index is 435. The summed E-state index contributed by atoms with van der Waals surface area (Å²) >= 11 is 0. The standard InChI is InChI=1S/C17H24O4/c1-3-6-16(18)20-13(2)14-8-10-15(11-9-14)21-17-7-4-5-12-19-17/h8-11,13,17H,3-7,12H2,1-2H3. The van der Waals surface area contributed by atoms with Crippen molar-refractivity contribution < 1.29 is 19.0 Å². The number of hydrogen-bond acceptors (Lipinski definition) is 4. The molecular formula is C17H24O4. The third-order valence-electron chi connectivity index (χ3n) is 3.52. The normalized spacial score (nSPS) is 19.8. The van der Waals surface area contributed by atoms with Crippen LogP contribution in [-0.2, 0) is 14.3 Å². The van der Waals surface area contributed by atoms with Crippen LogP contribution < -0.4 is 4.74 Å². The molecule has 21 heavy (non-hydrogen) atoms. The third kappa shape index (κ3) is 5.05. The summed E-state index contributed by atoms with van der Waals surface area (Å²) in [6.45, 7) is 4.62. The predicted molar refractivity (Wildman–Crippen MR) is 80.1 cm³/mol. The molecule has 1 aliphatic rings. The van der Waals surface area contributed by atoms with Gasteiger partial charge in [-0.25, -0.2) is 0 Å². The molecule has 1 aromatic carbocycles. The van der Waals surface area contributed by atoms with Crippen LogP contribution in [0.5, 0.6) is 5.75 Å². The van der Waals surface area contributed by atoms with E-state index >= 15 is 0 Å². The van der Waals surface area contributed by atoms with E-state index in [-0.39, 0.29) is 18.4 Å². The predicted octanol–water partition coefficient (Wildman–Crippen LogP) is 4.00. The molecule has 2 unspecified atom stereocenters. The first-order valence-electron chi connectivity index (χ1n) is 7.76. The van der Waals surface area contributed by atoms with Gasteiger partial charge in [-0.2, -0.15) is 0 Å². The van der Waals surface area contributed by atoms with Gasteiger partial charge in [0.1, 0.15) is 11.9 Å². The summed E-state index contributed by atoms with van der Waals surface area (Å²) in [6.07, 6.45) is 4.09. The van der Waals surface area contributed by atoms with E-state index in [9.17, 15) is 4.79 Å². The zero-order valence-electron chi connectivity index (χ0n) is 12.8. The highest BCUT2D eigenvalue weighted by Crippen LogP contribution is 2.23. The molecule has 1 aliphatic heterocycles. The smallest absolute Gasteiger partial charge is 0.306 e. The molecule has 4 heteroatoms. The number of rotatable bonds is 6. The quantitative estimate of drug-likeness (QED) is 0.743. The van der Waals surface area contributed by atoms with E-state index in [1.165, 1.54) is 0 Å². The molecule has 1 aromatic rings. The van der Waals surface area contributed by atoms with Crippen LogP contribution in [0.25, 0.3) is 0 Å². The largest absolute Gasteiger partial charge is 0.465 e. The zero-order chi connectivity index (χ0) is 15.1. The Hall–Kier alpha value is -1.55. The van der Waals surface area contributed by atoms with E-state index < -0.39 is 0 Å². The molecule has 0 bridgehead atoms. The van der Waals surface area contributed by atoms with Crippen molar-refractivity contribution in [1.29, 1.82) is 0 Å². The number of ether oxygens (including phenoxy) is 3. The average Bonchev–Trinajstić information content (AvgIpc) is 2.49. The van der Waals surface area contributed by atoms with Gasteiger partial charge in [0, 0.05) is 12.8 Å². The monoisotopic (exact) mass is 292 g/mol. The molecule has 0 saturated carbocycles. The second-order valence-corrected chi connectivity index (χ2v) is 5.37. The van der Waals surface area contributed by atoms with E-state index in [2.05, 4.69) is 0 Å². The maximum absolute atomic E-state index is 11.5. The van der Waals surface area contributed by atoms with Crippen LogP contribution >= 0.6 is 0 Å². The van der Waals surface area contributed by atoms with Gasteiger partial charge in [-0.3, -0.25) is 4.79 Å². The van der Waals surface area contributed by atoms with Crippen molar-refractivity contribution in [1.82, 2.24) is 0 Å². The average molecular weight is 292 g/mol. The lowest BCUT2D eigenvalue weighted by atomic mass is 10.1. The molecule has 0 N–H and O–H groups in total. The van der Waals surface area contributed by atoms with Gasteiger partial charge >= 0.3 is 5.97 Å². The Kier molecular flexibility index (Phi) is 6.05. The Labute approximate surface area is 126 Å². The van der Waals surface area contributed by atoms with Crippen molar-refractivity contribution in [3.63, 3.8) is 0 Å². The van der Waals surface area contributed by atoms with Gasteiger partial charge in [0.15, 0.2) is 6.29 Å². The molecule has 1 saturated heterocycles. The second-order valence-electron chi connectivity index (χ2n) is 5.37. The lowest BCUT2D eigenvalue weighted by Gasteiger charge is -2.23. The van der Waals surface area contributed by atoms with E-state index in [1.54, 1.807) is 0 Å².